The van der Waals surface area contributed by atoms with Crippen LogP contribution < -0.4 is 5.32 Å². The predicted molar refractivity (Wildman–Crippen MR) is 103 cm³/mol. The van der Waals surface area contributed by atoms with Gasteiger partial charge in [0.05, 0.1) is 5.69 Å². The molecule has 30 heavy (non-hydrogen) atoms. The van der Waals surface area contributed by atoms with E-state index in [0.717, 1.165) is 6.07 Å². The van der Waals surface area contributed by atoms with Crippen LogP contribution in [0.25, 0.3) is 22.3 Å². The molecule has 3 aromatic rings. The van der Waals surface area contributed by atoms with Crippen LogP contribution in [0.1, 0.15) is 18.2 Å². The molecule has 3 N–H and O–H groups in total. The molecule has 1 aliphatic rings. The van der Waals surface area contributed by atoms with Crippen LogP contribution >= 0.6 is 0 Å². The van der Waals surface area contributed by atoms with Crippen LogP contribution in [0.3, 0.4) is 0 Å². The van der Waals surface area contributed by atoms with E-state index in [4.69, 9.17) is 0 Å². The second-order valence-electron chi connectivity index (χ2n) is 7.67. The van der Waals surface area contributed by atoms with Crippen molar-refractivity contribution in [2.24, 2.45) is 0 Å². The Balaban J connectivity index is 1.80. The number of halogens is 4. The molecule has 1 aliphatic heterocycles. The van der Waals surface area contributed by atoms with Gasteiger partial charge < -0.3 is 10.4 Å². The van der Waals surface area contributed by atoms with Gasteiger partial charge in [-0.3, -0.25) is 10.00 Å². The van der Waals surface area contributed by atoms with E-state index < -0.39 is 18.0 Å². The van der Waals surface area contributed by atoms with Crippen LogP contribution in [0, 0.1) is 12.7 Å². The molecule has 1 aromatic carbocycles. The molecule has 0 radical (unpaired) electrons. The van der Waals surface area contributed by atoms with Crippen LogP contribution in [0.2, 0.25) is 0 Å². The summed E-state index contributed by atoms with van der Waals surface area (Å²) in [4.78, 5) is 5.76. The fourth-order valence-corrected chi connectivity index (χ4v) is 3.94. The number of piperazine rings is 1. The van der Waals surface area contributed by atoms with E-state index in [1.54, 1.807) is 13.0 Å². The number of aromatic nitrogens is 3. The van der Waals surface area contributed by atoms with Crippen molar-refractivity contribution >= 4 is 11.0 Å². The Kier molecular flexibility index (Phi) is 5.15. The molecule has 4 rings (SSSR count). The molecule has 6 nitrogen and oxygen atoms in total. The van der Waals surface area contributed by atoms with Gasteiger partial charge in [-0.25, -0.2) is 9.37 Å². The number of nitrogens with one attached hydrogen (secondary N) is 2. The number of hydrogen-bond acceptors (Lipinski definition) is 5. The quantitative estimate of drug-likeness (QED) is 0.562. The van der Waals surface area contributed by atoms with E-state index in [1.165, 1.54) is 17.0 Å². The molecule has 1 saturated heterocycles. The highest BCUT2D eigenvalue weighted by Gasteiger charge is 2.45. The van der Waals surface area contributed by atoms with Crippen molar-refractivity contribution < 1.29 is 22.7 Å². The summed E-state index contributed by atoms with van der Waals surface area (Å²) in [5.74, 6) is -0.903. The molecule has 10 heteroatoms. The van der Waals surface area contributed by atoms with Crippen LogP contribution in [0.5, 0.6) is 5.75 Å². The first-order valence-electron chi connectivity index (χ1n) is 9.51. The first-order valence-corrected chi connectivity index (χ1v) is 9.51. The normalized spacial score (nSPS) is 20.7. The van der Waals surface area contributed by atoms with Gasteiger partial charge in [0, 0.05) is 48.4 Å². The number of aryl methyl sites for hydroxylation is 1. The summed E-state index contributed by atoms with van der Waals surface area (Å²) in [6.07, 6.45) is -4.38. The van der Waals surface area contributed by atoms with E-state index in [9.17, 15) is 22.7 Å². The lowest BCUT2D eigenvalue weighted by molar-refractivity contribution is -0.190. The summed E-state index contributed by atoms with van der Waals surface area (Å²) < 4.78 is 55.2. The molecule has 0 bridgehead atoms. The Hall–Kier alpha value is -2.72. The van der Waals surface area contributed by atoms with Crippen molar-refractivity contribution in [3.8, 4) is 17.0 Å². The van der Waals surface area contributed by atoms with E-state index in [0.29, 0.717) is 22.3 Å². The van der Waals surface area contributed by atoms with Crippen molar-refractivity contribution in [2.75, 3.05) is 13.1 Å². The summed E-state index contributed by atoms with van der Waals surface area (Å²) in [5.41, 5.74) is 1.94. The first kappa shape index (κ1) is 20.5. The van der Waals surface area contributed by atoms with Gasteiger partial charge in [-0.1, -0.05) is 0 Å². The Morgan fingerprint density at radius 3 is 2.73 bits per heavy atom. The highest BCUT2D eigenvalue weighted by atomic mass is 19.4. The second kappa shape index (κ2) is 7.51. The molecule has 2 aromatic heterocycles. The predicted octanol–water partition coefficient (Wildman–Crippen LogP) is 3.50. The molecule has 3 heterocycles. The lowest BCUT2D eigenvalue weighted by Crippen LogP contribution is -2.60. The number of H-pyrrole nitrogens is 1. The lowest BCUT2D eigenvalue weighted by Gasteiger charge is -2.40. The number of alkyl halides is 3. The summed E-state index contributed by atoms with van der Waals surface area (Å²) in [6, 6.07) is 3.55. The molecule has 0 aliphatic carbocycles. The lowest BCUT2D eigenvalue weighted by atomic mass is 10.0. The molecule has 0 amide bonds. The van der Waals surface area contributed by atoms with E-state index in [1.807, 2.05) is 6.92 Å². The van der Waals surface area contributed by atoms with Crippen molar-refractivity contribution in [2.45, 2.75) is 38.7 Å². The smallest absolute Gasteiger partial charge is 0.405 e. The Labute approximate surface area is 169 Å². The van der Waals surface area contributed by atoms with Gasteiger partial charge in [0.2, 0.25) is 0 Å². The molecule has 0 unspecified atom stereocenters. The number of fused-ring (bicyclic) bond motifs is 1. The minimum atomic E-state index is -4.38. The van der Waals surface area contributed by atoms with Gasteiger partial charge in [0.1, 0.15) is 17.6 Å². The third-order valence-electron chi connectivity index (χ3n) is 5.38. The zero-order chi connectivity index (χ0) is 21.6. The Morgan fingerprint density at radius 2 is 2.03 bits per heavy atom. The minimum Gasteiger partial charge on any atom is -0.508 e. The summed E-state index contributed by atoms with van der Waals surface area (Å²) in [7, 11) is 0. The highest BCUT2D eigenvalue weighted by molar-refractivity contribution is 5.84. The maximum Gasteiger partial charge on any atom is 0.405 e. The number of phenols is 1. The monoisotopic (exact) mass is 423 g/mol. The number of pyridine rings is 1. The zero-order valence-corrected chi connectivity index (χ0v) is 16.4. The van der Waals surface area contributed by atoms with Crippen LogP contribution in [-0.2, 0) is 6.54 Å². The second-order valence-corrected chi connectivity index (χ2v) is 7.67. The van der Waals surface area contributed by atoms with Crippen LogP contribution in [0.4, 0.5) is 17.6 Å². The average molecular weight is 423 g/mol. The topological polar surface area (TPSA) is 77.1 Å². The fraction of sp³-hybridized carbons (Fsp3) is 0.400. The van der Waals surface area contributed by atoms with E-state index in [-0.39, 0.29) is 42.7 Å². The molecular formula is C20H21F4N5O. The van der Waals surface area contributed by atoms with Crippen LogP contribution in [0.15, 0.2) is 24.3 Å². The molecule has 0 saturated carbocycles. The minimum absolute atomic E-state index is 0.0162. The van der Waals surface area contributed by atoms with Crippen molar-refractivity contribution in [1.82, 2.24) is 25.4 Å². The van der Waals surface area contributed by atoms with E-state index in [2.05, 4.69) is 20.5 Å². The maximum absolute atomic E-state index is 14.4. The fourth-order valence-electron chi connectivity index (χ4n) is 3.94. The number of nitrogens with zero attached hydrogens (tertiary/aromatic N) is 3. The standard InChI is InChI=1S/C20H21F4N5O/c1-10-8-29(17(7-25-10)20(22,23)24)9-12-5-16(14-4-3-13(30)6-15(14)21)26-19-18(12)11(2)27-28-19/h3-6,10,17,25,30H,7-9H2,1-2H3,(H,26,27,28)/t10-,17-/m1/s1. The third kappa shape index (κ3) is 3.84. The molecule has 160 valence electrons. The maximum atomic E-state index is 14.4. The average Bonchev–Trinajstić information content (AvgIpc) is 3.02. The van der Waals surface area contributed by atoms with E-state index >= 15 is 0 Å². The van der Waals surface area contributed by atoms with Gasteiger partial charge in [0.15, 0.2) is 5.65 Å². The van der Waals surface area contributed by atoms with Crippen molar-refractivity contribution in [3.05, 3.63) is 41.3 Å². The van der Waals surface area contributed by atoms with Gasteiger partial charge in [-0.05, 0) is 37.6 Å². The van der Waals surface area contributed by atoms with Crippen molar-refractivity contribution in [3.63, 3.8) is 0 Å². The van der Waals surface area contributed by atoms with Crippen molar-refractivity contribution in [1.29, 1.82) is 0 Å². The molecule has 1 fully saturated rings. The Morgan fingerprint density at radius 1 is 1.27 bits per heavy atom. The summed E-state index contributed by atoms with van der Waals surface area (Å²) in [5, 5.41) is 19.9. The molecule has 0 spiro atoms. The van der Waals surface area contributed by atoms with Gasteiger partial charge in [0.25, 0.3) is 0 Å². The highest BCUT2D eigenvalue weighted by Crippen LogP contribution is 2.32. The number of benzene rings is 1. The number of aromatic hydroxyl groups is 1. The van der Waals surface area contributed by atoms with Crippen LogP contribution in [-0.4, -0.2) is 56.5 Å². The van der Waals surface area contributed by atoms with Gasteiger partial charge >= 0.3 is 6.18 Å². The third-order valence-corrected chi connectivity index (χ3v) is 5.38. The molecule has 2 atom stereocenters. The Bertz CT molecular complexity index is 1080. The molecular weight excluding hydrogens is 402 g/mol. The van der Waals surface area contributed by atoms with Gasteiger partial charge in [-0.2, -0.15) is 18.3 Å². The summed E-state index contributed by atoms with van der Waals surface area (Å²) in [6.45, 7) is 3.64. The number of aromatic amines is 1. The summed E-state index contributed by atoms with van der Waals surface area (Å²) >= 11 is 0. The van der Waals surface area contributed by atoms with Gasteiger partial charge in [-0.15, -0.1) is 0 Å². The number of rotatable bonds is 3. The number of phenolic OH excluding ortho intramolecular Hbond substituents is 1. The largest absolute Gasteiger partial charge is 0.508 e. The zero-order valence-electron chi connectivity index (χ0n) is 16.4. The number of hydrogen-bond donors (Lipinski definition) is 3. The SMILES string of the molecule is Cc1[nH]nc2nc(-c3ccc(O)cc3F)cc(CN3C[C@@H](C)NC[C@@H]3C(F)(F)F)c12. The first-order chi connectivity index (χ1) is 14.1.